The first kappa shape index (κ1) is 12.7. The third-order valence-electron chi connectivity index (χ3n) is 2.47. The lowest BCUT2D eigenvalue weighted by molar-refractivity contribution is -0.137. The van der Waals surface area contributed by atoms with E-state index in [2.05, 4.69) is 15.7 Å². The minimum atomic E-state index is -4.32. The Kier molecular flexibility index (Phi) is 3.42. The van der Waals surface area contributed by atoms with E-state index in [-0.39, 0.29) is 6.04 Å². The third-order valence-corrected chi connectivity index (χ3v) is 2.47. The molecule has 1 aromatic carbocycles. The summed E-state index contributed by atoms with van der Waals surface area (Å²) in [4.78, 5) is 4.22. The van der Waals surface area contributed by atoms with E-state index in [1.54, 1.807) is 0 Å². The monoisotopic (exact) mass is 258 g/mol. The molecule has 0 atom stereocenters. The van der Waals surface area contributed by atoms with Crippen LogP contribution in [0.2, 0.25) is 0 Å². The number of hydrazine groups is 1. The van der Waals surface area contributed by atoms with Gasteiger partial charge >= 0.3 is 6.18 Å². The van der Waals surface area contributed by atoms with Gasteiger partial charge in [-0.05, 0) is 37.1 Å². The van der Waals surface area contributed by atoms with Gasteiger partial charge < -0.3 is 5.32 Å². The Balaban J connectivity index is 2.05. The highest BCUT2D eigenvalue weighted by atomic mass is 19.4. The van der Waals surface area contributed by atoms with Crippen molar-refractivity contribution in [2.24, 2.45) is 10.8 Å². The summed E-state index contributed by atoms with van der Waals surface area (Å²) in [7, 11) is 0. The molecule has 0 unspecified atom stereocenters. The average Bonchev–Trinajstić information content (AvgIpc) is 3.11. The second-order valence-corrected chi connectivity index (χ2v) is 4.05. The van der Waals surface area contributed by atoms with E-state index in [1.807, 2.05) is 0 Å². The fourth-order valence-corrected chi connectivity index (χ4v) is 1.37. The first-order chi connectivity index (χ1) is 8.49. The molecular weight excluding hydrogens is 245 g/mol. The fraction of sp³-hybridized carbons (Fsp3) is 0.364. The molecule has 2 rings (SSSR count). The molecule has 4 nitrogen and oxygen atoms in total. The Morgan fingerprint density at radius 2 is 1.83 bits per heavy atom. The Hall–Kier alpha value is -1.76. The Morgan fingerprint density at radius 1 is 1.22 bits per heavy atom. The van der Waals surface area contributed by atoms with Gasteiger partial charge in [-0.25, -0.2) is 10.8 Å². The molecule has 7 heteroatoms. The summed E-state index contributed by atoms with van der Waals surface area (Å²) in [6.45, 7) is 0. The molecule has 1 aliphatic rings. The van der Waals surface area contributed by atoms with Gasteiger partial charge in [-0.2, -0.15) is 13.2 Å². The Labute approximate surface area is 102 Å². The number of anilines is 1. The average molecular weight is 258 g/mol. The van der Waals surface area contributed by atoms with Crippen LogP contribution in [0.5, 0.6) is 0 Å². The molecule has 0 heterocycles. The van der Waals surface area contributed by atoms with Crippen LogP contribution in [-0.4, -0.2) is 12.0 Å². The van der Waals surface area contributed by atoms with Crippen molar-refractivity contribution in [3.63, 3.8) is 0 Å². The van der Waals surface area contributed by atoms with Crippen molar-refractivity contribution in [3.8, 4) is 0 Å². The van der Waals surface area contributed by atoms with Crippen molar-refractivity contribution < 1.29 is 13.2 Å². The molecule has 1 aromatic rings. The van der Waals surface area contributed by atoms with E-state index in [4.69, 9.17) is 5.84 Å². The molecule has 0 aromatic heterocycles. The lowest BCUT2D eigenvalue weighted by atomic mass is 10.2. The second kappa shape index (κ2) is 4.85. The highest BCUT2D eigenvalue weighted by molar-refractivity contribution is 5.93. The van der Waals surface area contributed by atoms with Gasteiger partial charge in [0.2, 0.25) is 5.96 Å². The molecule has 0 spiro atoms. The number of guanidine groups is 1. The molecule has 0 bridgehead atoms. The number of aliphatic imine (C=N–C) groups is 1. The van der Waals surface area contributed by atoms with Crippen LogP contribution in [-0.2, 0) is 6.18 Å². The first-order valence-corrected chi connectivity index (χ1v) is 5.48. The highest BCUT2D eigenvalue weighted by Gasteiger charge is 2.30. The van der Waals surface area contributed by atoms with Gasteiger partial charge in [0.1, 0.15) is 0 Å². The largest absolute Gasteiger partial charge is 0.416 e. The number of nitrogens with two attached hydrogens (primary N) is 1. The Bertz CT molecular complexity index is 435. The summed E-state index contributed by atoms with van der Waals surface area (Å²) in [5.41, 5.74) is 2.20. The molecule has 0 aliphatic heterocycles. The minimum absolute atomic E-state index is 0.262. The van der Waals surface area contributed by atoms with Gasteiger partial charge in [0.05, 0.1) is 11.6 Å². The zero-order valence-electron chi connectivity index (χ0n) is 9.46. The minimum Gasteiger partial charge on any atom is -0.325 e. The maximum atomic E-state index is 12.4. The summed E-state index contributed by atoms with van der Waals surface area (Å²) in [6, 6.07) is 4.95. The third kappa shape index (κ3) is 3.36. The smallest absolute Gasteiger partial charge is 0.325 e. The lowest BCUT2D eigenvalue weighted by Gasteiger charge is -2.10. The molecule has 0 amide bonds. The standard InChI is InChI=1S/C11H13F3N4/c12-11(13,14)7-1-3-8(4-2-7)16-10(18-15)17-9-5-6-9/h1-4,9H,5-6,15H2,(H2,16,17,18). The summed E-state index contributed by atoms with van der Waals surface area (Å²) in [6.07, 6.45) is -2.30. The first-order valence-electron chi connectivity index (χ1n) is 5.48. The predicted octanol–water partition coefficient (Wildman–Crippen LogP) is 2.10. The van der Waals surface area contributed by atoms with Gasteiger partial charge in [0.15, 0.2) is 0 Å². The van der Waals surface area contributed by atoms with E-state index >= 15 is 0 Å². The predicted molar refractivity (Wildman–Crippen MR) is 62.8 cm³/mol. The van der Waals surface area contributed by atoms with Crippen LogP contribution in [0.15, 0.2) is 29.3 Å². The van der Waals surface area contributed by atoms with Crippen molar-refractivity contribution in [3.05, 3.63) is 29.8 Å². The molecule has 98 valence electrons. The van der Waals surface area contributed by atoms with Crippen molar-refractivity contribution in [1.29, 1.82) is 0 Å². The van der Waals surface area contributed by atoms with Gasteiger partial charge in [-0.3, -0.25) is 5.43 Å². The summed E-state index contributed by atoms with van der Waals surface area (Å²) in [5, 5.41) is 2.83. The van der Waals surface area contributed by atoms with Gasteiger partial charge in [0.25, 0.3) is 0 Å². The normalized spacial score (nSPS) is 16.6. The number of hydrogen-bond acceptors (Lipinski definition) is 2. The lowest BCUT2D eigenvalue weighted by Crippen LogP contribution is -2.36. The summed E-state index contributed by atoms with van der Waals surface area (Å²) in [5.74, 6) is 5.63. The Morgan fingerprint density at radius 3 is 2.28 bits per heavy atom. The summed E-state index contributed by atoms with van der Waals surface area (Å²) >= 11 is 0. The van der Waals surface area contributed by atoms with Crippen LogP contribution >= 0.6 is 0 Å². The maximum absolute atomic E-state index is 12.4. The van der Waals surface area contributed by atoms with Gasteiger partial charge in [-0.1, -0.05) is 0 Å². The van der Waals surface area contributed by atoms with Crippen LogP contribution in [0.1, 0.15) is 18.4 Å². The molecule has 18 heavy (non-hydrogen) atoms. The van der Waals surface area contributed by atoms with E-state index in [9.17, 15) is 13.2 Å². The molecule has 1 saturated carbocycles. The van der Waals surface area contributed by atoms with Gasteiger partial charge in [-0.15, -0.1) is 0 Å². The number of benzene rings is 1. The molecule has 4 N–H and O–H groups in total. The van der Waals surface area contributed by atoms with Crippen LogP contribution in [0.25, 0.3) is 0 Å². The molecule has 0 radical (unpaired) electrons. The SMILES string of the molecule is NNC(=NC1CC1)Nc1ccc(C(F)(F)F)cc1. The molecular formula is C11H13F3N4. The number of alkyl halides is 3. The van der Waals surface area contributed by atoms with E-state index in [1.165, 1.54) is 12.1 Å². The van der Waals surface area contributed by atoms with E-state index < -0.39 is 11.7 Å². The van der Waals surface area contributed by atoms with Crippen LogP contribution in [0.4, 0.5) is 18.9 Å². The number of halogens is 3. The van der Waals surface area contributed by atoms with E-state index in [0.717, 1.165) is 25.0 Å². The molecule has 1 fully saturated rings. The maximum Gasteiger partial charge on any atom is 0.416 e. The zero-order chi connectivity index (χ0) is 13.2. The molecule has 0 saturated heterocycles. The summed E-state index contributed by atoms with van der Waals surface area (Å²) < 4.78 is 37.1. The fourth-order valence-electron chi connectivity index (χ4n) is 1.37. The topological polar surface area (TPSA) is 62.4 Å². The van der Waals surface area contributed by atoms with Gasteiger partial charge in [0, 0.05) is 5.69 Å². The highest BCUT2D eigenvalue weighted by Crippen LogP contribution is 2.29. The van der Waals surface area contributed by atoms with Crippen molar-refractivity contribution in [1.82, 2.24) is 5.43 Å². The van der Waals surface area contributed by atoms with Crippen LogP contribution in [0, 0.1) is 0 Å². The molecule has 1 aliphatic carbocycles. The van der Waals surface area contributed by atoms with Crippen LogP contribution < -0.4 is 16.6 Å². The van der Waals surface area contributed by atoms with Crippen LogP contribution in [0.3, 0.4) is 0 Å². The number of rotatable bonds is 2. The number of nitrogens with zero attached hydrogens (tertiary/aromatic N) is 1. The van der Waals surface area contributed by atoms with E-state index in [0.29, 0.717) is 11.6 Å². The van der Waals surface area contributed by atoms with Crippen molar-refractivity contribution >= 4 is 11.6 Å². The number of hydrogen-bond donors (Lipinski definition) is 3. The van der Waals surface area contributed by atoms with Crippen molar-refractivity contribution in [2.45, 2.75) is 25.1 Å². The zero-order valence-corrected chi connectivity index (χ0v) is 9.46. The quantitative estimate of drug-likeness (QED) is 0.329. The second-order valence-electron chi connectivity index (χ2n) is 4.05. The number of nitrogens with one attached hydrogen (secondary N) is 2. The van der Waals surface area contributed by atoms with Crippen molar-refractivity contribution in [2.75, 3.05) is 5.32 Å².